The maximum atomic E-state index is 11.6. The third kappa shape index (κ3) is 5.96. The molecule has 0 N–H and O–H groups in total. The zero-order valence-electron chi connectivity index (χ0n) is 10.3. The minimum Gasteiger partial charge on any atom is -0.300 e. The molecule has 1 aliphatic rings. The Labute approximate surface area is 94.6 Å². The molecule has 1 heteroatoms. The van der Waals surface area contributed by atoms with E-state index in [1.165, 1.54) is 51.4 Å². The fourth-order valence-corrected chi connectivity index (χ4v) is 2.56. The summed E-state index contributed by atoms with van der Waals surface area (Å²) in [5.41, 5.74) is 0. The molecule has 1 rings (SSSR count). The van der Waals surface area contributed by atoms with E-state index in [0.29, 0.717) is 11.7 Å². The molecule has 0 aromatic heterocycles. The number of Topliss-reactive ketones (excluding diaryl/α,β-unsaturated/α-hetero) is 1. The number of hydrogen-bond donors (Lipinski definition) is 0. The van der Waals surface area contributed by atoms with Gasteiger partial charge in [-0.3, -0.25) is 4.79 Å². The topological polar surface area (TPSA) is 17.1 Å². The molecular weight excluding hydrogens is 184 g/mol. The molecule has 1 atom stereocenters. The van der Waals surface area contributed by atoms with E-state index in [4.69, 9.17) is 0 Å². The molecule has 1 saturated carbocycles. The van der Waals surface area contributed by atoms with Crippen LogP contribution in [-0.4, -0.2) is 5.78 Å². The van der Waals surface area contributed by atoms with Crippen molar-refractivity contribution in [1.29, 1.82) is 0 Å². The van der Waals surface area contributed by atoms with Gasteiger partial charge in [0.15, 0.2) is 0 Å². The lowest BCUT2D eigenvalue weighted by Crippen LogP contribution is -2.07. The Morgan fingerprint density at radius 2 is 1.93 bits per heavy atom. The normalized spacial score (nSPS) is 24.3. The molecule has 88 valence electrons. The van der Waals surface area contributed by atoms with E-state index in [2.05, 4.69) is 6.92 Å². The first-order valence-electron chi connectivity index (χ1n) is 6.84. The summed E-state index contributed by atoms with van der Waals surface area (Å²) in [6.07, 6.45) is 13.4. The highest BCUT2D eigenvalue weighted by molar-refractivity contribution is 5.78. The van der Waals surface area contributed by atoms with Crippen molar-refractivity contribution in [3.05, 3.63) is 0 Å². The van der Waals surface area contributed by atoms with Crippen molar-refractivity contribution >= 4 is 5.78 Å². The Balaban J connectivity index is 2.27. The maximum Gasteiger partial charge on any atom is 0.133 e. The van der Waals surface area contributed by atoms with Crippen LogP contribution >= 0.6 is 0 Å². The summed E-state index contributed by atoms with van der Waals surface area (Å²) in [6, 6.07) is 0. The van der Waals surface area contributed by atoms with Crippen molar-refractivity contribution in [2.24, 2.45) is 5.92 Å². The molecule has 0 spiro atoms. The van der Waals surface area contributed by atoms with Gasteiger partial charge in [-0.05, 0) is 12.3 Å². The maximum absolute atomic E-state index is 11.6. The van der Waals surface area contributed by atoms with Gasteiger partial charge >= 0.3 is 0 Å². The van der Waals surface area contributed by atoms with E-state index >= 15 is 0 Å². The van der Waals surface area contributed by atoms with Gasteiger partial charge in [0.25, 0.3) is 0 Å². The van der Waals surface area contributed by atoms with Gasteiger partial charge in [-0.2, -0.15) is 0 Å². The number of carbonyl (C=O) groups is 1. The fraction of sp³-hybridized carbons (Fsp3) is 0.929. The van der Waals surface area contributed by atoms with Crippen molar-refractivity contribution in [1.82, 2.24) is 0 Å². The molecule has 0 aliphatic heterocycles. The molecule has 1 fully saturated rings. The number of hydrogen-bond acceptors (Lipinski definition) is 1. The second kappa shape index (κ2) is 7.90. The smallest absolute Gasteiger partial charge is 0.133 e. The van der Waals surface area contributed by atoms with Crippen LogP contribution in [0.2, 0.25) is 0 Å². The molecule has 0 amide bonds. The lowest BCUT2D eigenvalue weighted by atomic mass is 9.91. The molecule has 0 heterocycles. The van der Waals surface area contributed by atoms with Gasteiger partial charge in [0.2, 0.25) is 0 Å². The van der Waals surface area contributed by atoms with Crippen LogP contribution in [0.5, 0.6) is 0 Å². The van der Waals surface area contributed by atoms with Gasteiger partial charge in [0.1, 0.15) is 5.78 Å². The summed E-state index contributed by atoms with van der Waals surface area (Å²) >= 11 is 0. The summed E-state index contributed by atoms with van der Waals surface area (Å²) < 4.78 is 0. The minimum atomic E-state index is 0.526. The second-order valence-corrected chi connectivity index (χ2v) is 5.06. The molecule has 1 unspecified atom stereocenters. The van der Waals surface area contributed by atoms with Gasteiger partial charge in [0, 0.05) is 12.8 Å². The van der Waals surface area contributed by atoms with Crippen molar-refractivity contribution in [3.8, 4) is 0 Å². The zero-order chi connectivity index (χ0) is 10.9. The molecule has 0 aromatic carbocycles. The van der Waals surface area contributed by atoms with Crippen LogP contribution in [0.3, 0.4) is 0 Å². The Kier molecular flexibility index (Phi) is 6.71. The van der Waals surface area contributed by atoms with E-state index in [1.54, 1.807) is 0 Å². The number of carbonyl (C=O) groups excluding carboxylic acids is 1. The van der Waals surface area contributed by atoms with Crippen molar-refractivity contribution in [2.75, 3.05) is 0 Å². The first-order chi connectivity index (χ1) is 7.33. The van der Waals surface area contributed by atoms with Crippen LogP contribution in [-0.2, 0) is 4.79 Å². The van der Waals surface area contributed by atoms with Crippen LogP contribution in [0.15, 0.2) is 0 Å². The lowest BCUT2D eigenvalue weighted by molar-refractivity contribution is -0.120. The van der Waals surface area contributed by atoms with E-state index < -0.39 is 0 Å². The lowest BCUT2D eigenvalue weighted by Gasteiger charge is -2.14. The van der Waals surface area contributed by atoms with Crippen molar-refractivity contribution in [3.63, 3.8) is 0 Å². The molecule has 0 radical (unpaired) electrons. The van der Waals surface area contributed by atoms with Gasteiger partial charge in [0.05, 0.1) is 0 Å². The molecule has 1 aliphatic carbocycles. The number of ketones is 1. The van der Waals surface area contributed by atoms with Gasteiger partial charge in [-0.1, -0.05) is 58.3 Å². The second-order valence-electron chi connectivity index (χ2n) is 5.06. The van der Waals surface area contributed by atoms with Crippen LogP contribution < -0.4 is 0 Å². The summed E-state index contributed by atoms with van der Waals surface area (Å²) in [5.74, 6) is 1.24. The monoisotopic (exact) mass is 210 g/mol. The zero-order valence-corrected chi connectivity index (χ0v) is 10.3. The predicted molar refractivity (Wildman–Crippen MR) is 65.0 cm³/mol. The fourth-order valence-electron chi connectivity index (χ4n) is 2.56. The highest BCUT2D eigenvalue weighted by Crippen LogP contribution is 2.24. The molecular formula is C14H26O. The summed E-state index contributed by atoms with van der Waals surface area (Å²) in [4.78, 5) is 11.6. The predicted octanol–water partition coefficient (Wildman–Crippen LogP) is 4.50. The number of unbranched alkanes of at least 4 members (excludes halogenated alkanes) is 2. The Morgan fingerprint density at radius 3 is 2.73 bits per heavy atom. The number of rotatable bonds is 4. The average molecular weight is 210 g/mol. The minimum absolute atomic E-state index is 0.526. The van der Waals surface area contributed by atoms with Crippen molar-refractivity contribution in [2.45, 2.75) is 77.6 Å². The van der Waals surface area contributed by atoms with E-state index in [0.717, 1.165) is 19.3 Å². The SMILES string of the molecule is CCCCCC1CCCCCCC(=O)C1. The average Bonchev–Trinajstić information content (AvgIpc) is 2.31. The van der Waals surface area contributed by atoms with Crippen LogP contribution in [0.1, 0.15) is 77.6 Å². The van der Waals surface area contributed by atoms with Crippen LogP contribution in [0, 0.1) is 5.92 Å². The third-order valence-electron chi connectivity index (χ3n) is 3.55. The van der Waals surface area contributed by atoms with Gasteiger partial charge in [-0.15, -0.1) is 0 Å². The first-order valence-corrected chi connectivity index (χ1v) is 6.84. The van der Waals surface area contributed by atoms with E-state index in [9.17, 15) is 4.79 Å². The Morgan fingerprint density at radius 1 is 1.13 bits per heavy atom. The summed E-state index contributed by atoms with van der Waals surface area (Å²) in [5, 5.41) is 0. The molecule has 0 aromatic rings. The van der Waals surface area contributed by atoms with Crippen LogP contribution in [0.25, 0.3) is 0 Å². The largest absolute Gasteiger partial charge is 0.300 e. The summed E-state index contributed by atoms with van der Waals surface area (Å²) in [6.45, 7) is 2.24. The molecule has 0 bridgehead atoms. The van der Waals surface area contributed by atoms with Crippen molar-refractivity contribution < 1.29 is 4.79 Å². The quantitative estimate of drug-likeness (QED) is 0.624. The summed E-state index contributed by atoms with van der Waals surface area (Å²) in [7, 11) is 0. The molecule has 15 heavy (non-hydrogen) atoms. The Bertz CT molecular complexity index is 174. The highest BCUT2D eigenvalue weighted by Gasteiger charge is 2.14. The Hall–Kier alpha value is -0.330. The third-order valence-corrected chi connectivity index (χ3v) is 3.55. The standard InChI is InChI=1S/C14H26O/c1-2-3-6-9-13-10-7-4-5-8-11-14(15)12-13/h13H,2-12H2,1H3. The van der Waals surface area contributed by atoms with Gasteiger partial charge < -0.3 is 0 Å². The van der Waals surface area contributed by atoms with E-state index in [-0.39, 0.29) is 0 Å². The van der Waals surface area contributed by atoms with Gasteiger partial charge in [-0.25, -0.2) is 0 Å². The van der Waals surface area contributed by atoms with Crippen LogP contribution in [0.4, 0.5) is 0 Å². The first kappa shape index (κ1) is 12.7. The molecule has 0 saturated heterocycles. The highest BCUT2D eigenvalue weighted by atomic mass is 16.1. The van der Waals surface area contributed by atoms with E-state index in [1.807, 2.05) is 0 Å². The molecule has 1 nitrogen and oxygen atoms in total.